The molecule has 1 aromatic carbocycles. The molecule has 0 amide bonds. The first-order valence-corrected chi connectivity index (χ1v) is 8.39. The van der Waals surface area contributed by atoms with Crippen molar-refractivity contribution in [3.05, 3.63) is 29.8 Å². The Kier molecular flexibility index (Phi) is 5.52. The van der Waals surface area contributed by atoms with Crippen LogP contribution in [0.1, 0.15) is 17.3 Å². The van der Waals surface area contributed by atoms with E-state index in [0.717, 1.165) is 0 Å². The fraction of sp³-hybridized carbons (Fsp3) is 0.389. The highest BCUT2D eigenvalue weighted by atomic mass is 16.5. The molecule has 2 aromatic rings. The fourth-order valence-electron chi connectivity index (χ4n) is 2.71. The minimum absolute atomic E-state index is 0.0582. The Morgan fingerprint density at radius 2 is 2.08 bits per heavy atom. The second kappa shape index (κ2) is 8.01. The summed E-state index contributed by atoms with van der Waals surface area (Å²) in [6, 6.07) is 7.11. The highest BCUT2D eigenvalue weighted by Crippen LogP contribution is 2.32. The highest BCUT2D eigenvalue weighted by Gasteiger charge is 2.25. The van der Waals surface area contributed by atoms with Gasteiger partial charge in [-0.25, -0.2) is 9.78 Å². The standard InChI is InChI=1S/C18H21N3O5/c1-3-26-17(23)14-15(12-5-4-6-13(11-12)24-2)19-18(20-16(14)22)21-7-9-25-10-8-21/h4-6,11H,3,7-10H2,1-2H3,(H,19,20,22). The molecule has 0 radical (unpaired) electrons. The van der Waals surface area contributed by atoms with Gasteiger partial charge in [-0.15, -0.1) is 0 Å². The van der Waals surface area contributed by atoms with Crippen LogP contribution in [0, 0.1) is 0 Å². The quantitative estimate of drug-likeness (QED) is 0.809. The Morgan fingerprint density at radius 3 is 2.77 bits per heavy atom. The number of nitrogens with zero attached hydrogens (tertiary/aromatic N) is 3. The average Bonchev–Trinajstić information content (AvgIpc) is 2.68. The Balaban J connectivity index is 2.12. The molecule has 1 aromatic heterocycles. The number of esters is 1. The molecule has 1 fully saturated rings. The van der Waals surface area contributed by atoms with Gasteiger partial charge in [0.05, 0.1) is 32.6 Å². The molecule has 0 saturated carbocycles. The summed E-state index contributed by atoms with van der Waals surface area (Å²) in [7, 11) is 1.56. The van der Waals surface area contributed by atoms with Crippen molar-refractivity contribution in [1.82, 2.24) is 9.97 Å². The van der Waals surface area contributed by atoms with E-state index < -0.39 is 11.8 Å². The number of aromatic nitrogens is 2. The molecule has 8 heteroatoms. The average molecular weight is 359 g/mol. The zero-order valence-electron chi connectivity index (χ0n) is 14.8. The van der Waals surface area contributed by atoms with E-state index in [1.165, 1.54) is 0 Å². The number of carbonyl (C=O) groups is 1. The van der Waals surface area contributed by atoms with Crippen LogP contribution in [0.3, 0.4) is 0 Å². The lowest BCUT2D eigenvalue weighted by Gasteiger charge is -2.27. The Labute approximate surface area is 151 Å². The first-order valence-electron chi connectivity index (χ1n) is 8.39. The fourth-order valence-corrected chi connectivity index (χ4v) is 2.71. The van der Waals surface area contributed by atoms with E-state index in [2.05, 4.69) is 9.97 Å². The van der Waals surface area contributed by atoms with Gasteiger partial charge in [0.2, 0.25) is 11.8 Å². The number of ether oxygens (including phenoxy) is 3. The van der Waals surface area contributed by atoms with Gasteiger partial charge in [-0.3, -0.25) is 0 Å². The molecule has 26 heavy (non-hydrogen) atoms. The third-order valence-electron chi connectivity index (χ3n) is 3.99. The van der Waals surface area contributed by atoms with Crippen LogP contribution in [0.25, 0.3) is 11.3 Å². The van der Waals surface area contributed by atoms with Crippen LogP contribution in [0.15, 0.2) is 24.3 Å². The third-order valence-corrected chi connectivity index (χ3v) is 3.99. The third kappa shape index (κ3) is 3.70. The van der Waals surface area contributed by atoms with Crippen LogP contribution < -0.4 is 9.64 Å². The van der Waals surface area contributed by atoms with Crippen molar-refractivity contribution in [3.8, 4) is 22.9 Å². The molecule has 1 aliphatic heterocycles. The number of aromatic hydroxyl groups is 1. The first-order chi connectivity index (χ1) is 12.6. The van der Waals surface area contributed by atoms with Crippen molar-refractivity contribution in [2.45, 2.75) is 6.92 Å². The number of morpholine rings is 1. The minimum atomic E-state index is -0.670. The number of carbonyl (C=O) groups excluding carboxylic acids is 1. The van der Waals surface area contributed by atoms with Crippen molar-refractivity contribution >= 4 is 11.9 Å². The molecule has 2 heterocycles. The van der Waals surface area contributed by atoms with Crippen LogP contribution in [-0.2, 0) is 9.47 Å². The molecule has 3 rings (SSSR count). The molecule has 8 nitrogen and oxygen atoms in total. The van der Waals surface area contributed by atoms with Gasteiger partial charge >= 0.3 is 5.97 Å². The summed E-state index contributed by atoms with van der Waals surface area (Å²) in [4.78, 5) is 22.9. The largest absolute Gasteiger partial charge is 0.497 e. The maximum absolute atomic E-state index is 12.4. The summed E-state index contributed by atoms with van der Waals surface area (Å²) in [6.07, 6.45) is 0. The van der Waals surface area contributed by atoms with Gasteiger partial charge in [-0.1, -0.05) is 12.1 Å². The van der Waals surface area contributed by atoms with E-state index in [9.17, 15) is 9.90 Å². The summed E-state index contributed by atoms with van der Waals surface area (Å²) < 4.78 is 15.7. The second-order valence-corrected chi connectivity index (χ2v) is 5.62. The van der Waals surface area contributed by atoms with Crippen LogP contribution in [0.2, 0.25) is 0 Å². The lowest BCUT2D eigenvalue weighted by Crippen LogP contribution is -2.37. The maximum atomic E-state index is 12.4. The topological polar surface area (TPSA) is 94.0 Å². The molecule has 138 valence electrons. The number of hydrogen-bond acceptors (Lipinski definition) is 8. The van der Waals surface area contributed by atoms with Gasteiger partial charge in [0.25, 0.3) is 0 Å². The normalized spacial score (nSPS) is 14.2. The van der Waals surface area contributed by atoms with Crippen LogP contribution >= 0.6 is 0 Å². The number of anilines is 1. The molecule has 1 aliphatic rings. The number of rotatable bonds is 5. The molecular weight excluding hydrogens is 338 g/mol. The predicted octanol–water partition coefficient (Wildman–Crippen LogP) is 1.87. The first kappa shape index (κ1) is 17.9. The monoisotopic (exact) mass is 359 g/mol. The van der Waals surface area contributed by atoms with Gasteiger partial charge in [0.15, 0.2) is 0 Å². The van der Waals surface area contributed by atoms with Gasteiger partial charge in [0, 0.05) is 18.7 Å². The van der Waals surface area contributed by atoms with Crippen molar-refractivity contribution in [2.24, 2.45) is 0 Å². The summed E-state index contributed by atoms with van der Waals surface area (Å²) in [5.41, 5.74) is 0.869. The van der Waals surface area contributed by atoms with E-state index in [0.29, 0.717) is 49.3 Å². The zero-order valence-corrected chi connectivity index (χ0v) is 14.8. The van der Waals surface area contributed by atoms with Gasteiger partial charge in [-0.2, -0.15) is 4.98 Å². The van der Waals surface area contributed by atoms with Crippen LogP contribution in [-0.4, -0.2) is 61.1 Å². The predicted molar refractivity (Wildman–Crippen MR) is 94.7 cm³/mol. The van der Waals surface area contributed by atoms with Crippen molar-refractivity contribution in [2.75, 3.05) is 44.9 Å². The van der Waals surface area contributed by atoms with Crippen molar-refractivity contribution < 1.29 is 24.1 Å². The molecule has 0 spiro atoms. The van der Waals surface area contributed by atoms with Crippen LogP contribution in [0.5, 0.6) is 11.6 Å². The highest BCUT2D eigenvalue weighted by molar-refractivity contribution is 5.98. The minimum Gasteiger partial charge on any atom is -0.497 e. The SMILES string of the molecule is CCOC(=O)c1c(O)nc(N2CCOCC2)nc1-c1cccc(OC)c1. The molecule has 0 unspecified atom stereocenters. The van der Waals surface area contributed by atoms with E-state index in [-0.39, 0.29) is 12.2 Å². The van der Waals surface area contributed by atoms with Crippen molar-refractivity contribution in [1.29, 1.82) is 0 Å². The van der Waals surface area contributed by atoms with Crippen LogP contribution in [0.4, 0.5) is 5.95 Å². The zero-order chi connectivity index (χ0) is 18.5. The number of hydrogen-bond donors (Lipinski definition) is 1. The summed E-state index contributed by atoms with van der Waals surface area (Å²) in [6.45, 7) is 4.20. The van der Waals surface area contributed by atoms with E-state index in [4.69, 9.17) is 14.2 Å². The van der Waals surface area contributed by atoms with Gasteiger partial charge in [-0.05, 0) is 19.1 Å². The Hall–Kier alpha value is -2.87. The number of benzene rings is 1. The summed E-state index contributed by atoms with van der Waals surface area (Å²) in [5, 5.41) is 10.4. The molecule has 0 atom stereocenters. The lowest BCUT2D eigenvalue weighted by molar-refractivity contribution is 0.0522. The van der Waals surface area contributed by atoms with E-state index in [1.54, 1.807) is 38.3 Å². The second-order valence-electron chi connectivity index (χ2n) is 5.62. The molecule has 1 saturated heterocycles. The molecule has 0 aliphatic carbocycles. The summed E-state index contributed by atoms with van der Waals surface area (Å²) >= 11 is 0. The van der Waals surface area contributed by atoms with E-state index in [1.807, 2.05) is 4.90 Å². The molecular formula is C18H21N3O5. The van der Waals surface area contributed by atoms with Gasteiger partial charge < -0.3 is 24.2 Å². The molecule has 0 bridgehead atoms. The molecule has 1 N–H and O–H groups in total. The lowest BCUT2D eigenvalue weighted by atomic mass is 10.1. The maximum Gasteiger partial charge on any atom is 0.345 e. The van der Waals surface area contributed by atoms with Crippen molar-refractivity contribution in [3.63, 3.8) is 0 Å². The van der Waals surface area contributed by atoms with Gasteiger partial charge in [0.1, 0.15) is 11.3 Å². The Bertz CT molecular complexity index is 790. The smallest absolute Gasteiger partial charge is 0.345 e. The van der Waals surface area contributed by atoms with E-state index >= 15 is 0 Å². The Morgan fingerprint density at radius 1 is 1.31 bits per heavy atom. The summed E-state index contributed by atoms with van der Waals surface area (Å²) in [5.74, 6) is -0.117. The number of methoxy groups -OCH3 is 1.